The second kappa shape index (κ2) is 7.15. The average molecular weight is 312 g/mol. The summed E-state index contributed by atoms with van der Waals surface area (Å²) in [5, 5.41) is 3.56. The minimum absolute atomic E-state index is 0.850. The Labute approximate surface area is 118 Å². The van der Waals surface area contributed by atoms with E-state index in [-0.39, 0.29) is 0 Å². The van der Waals surface area contributed by atoms with Crippen LogP contribution in [0.1, 0.15) is 37.7 Å². The Morgan fingerprint density at radius 2 is 2.11 bits per heavy atom. The van der Waals surface area contributed by atoms with E-state index in [0.717, 1.165) is 22.7 Å². The van der Waals surface area contributed by atoms with E-state index in [1.54, 1.807) is 7.11 Å². The lowest BCUT2D eigenvalue weighted by atomic mass is 10.1. The van der Waals surface area contributed by atoms with E-state index < -0.39 is 0 Å². The first-order chi connectivity index (χ1) is 8.79. The van der Waals surface area contributed by atoms with Crippen LogP contribution in [0, 0.1) is 0 Å². The van der Waals surface area contributed by atoms with Crippen LogP contribution in [0.15, 0.2) is 22.7 Å². The third-order valence-corrected chi connectivity index (χ3v) is 3.99. The topological polar surface area (TPSA) is 21.3 Å². The van der Waals surface area contributed by atoms with Crippen molar-refractivity contribution in [2.75, 3.05) is 13.7 Å². The summed E-state index contributed by atoms with van der Waals surface area (Å²) in [5.41, 5.74) is 1.39. The van der Waals surface area contributed by atoms with Crippen molar-refractivity contribution in [2.24, 2.45) is 0 Å². The van der Waals surface area contributed by atoms with Gasteiger partial charge < -0.3 is 10.1 Å². The van der Waals surface area contributed by atoms with Crippen molar-refractivity contribution in [1.29, 1.82) is 0 Å². The van der Waals surface area contributed by atoms with E-state index >= 15 is 0 Å². The number of unbranched alkanes of at least 4 members (excludes halogenated alkanes) is 2. The number of hydrogen-bond donors (Lipinski definition) is 1. The zero-order valence-electron chi connectivity index (χ0n) is 11.0. The predicted octanol–water partition coefficient (Wildman–Crippen LogP) is 3.92. The zero-order valence-corrected chi connectivity index (χ0v) is 12.6. The van der Waals surface area contributed by atoms with Crippen LogP contribution < -0.4 is 10.1 Å². The third kappa shape index (κ3) is 4.62. The molecular formula is C15H22BrNO. The van der Waals surface area contributed by atoms with Crippen LogP contribution in [0.2, 0.25) is 0 Å². The van der Waals surface area contributed by atoms with Gasteiger partial charge in [-0.05, 0) is 72.3 Å². The third-order valence-electron chi connectivity index (χ3n) is 3.37. The van der Waals surface area contributed by atoms with E-state index in [2.05, 4.69) is 33.4 Å². The second-order valence-corrected chi connectivity index (χ2v) is 5.86. The molecule has 0 radical (unpaired) electrons. The van der Waals surface area contributed by atoms with Gasteiger partial charge in [0, 0.05) is 6.04 Å². The van der Waals surface area contributed by atoms with Gasteiger partial charge in [0.25, 0.3) is 0 Å². The summed E-state index contributed by atoms with van der Waals surface area (Å²) in [5.74, 6) is 0.910. The highest BCUT2D eigenvalue weighted by molar-refractivity contribution is 9.10. The van der Waals surface area contributed by atoms with Gasteiger partial charge in [-0.1, -0.05) is 12.5 Å². The standard InChI is InChI=1S/C15H22BrNO/c1-18-15-9-6-12(11-14(15)16)5-3-2-4-10-17-13-7-8-13/h6,9,11,13,17H,2-5,7-8,10H2,1H3. The lowest BCUT2D eigenvalue weighted by Gasteiger charge is -2.06. The van der Waals surface area contributed by atoms with Crippen molar-refractivity contribution < 1.29 is 4.74 Å². The number of rotatable bonds is 8. The van der Waals surface area contributed by atoms with E-state index in [9.17, 15) is 0 Å². The molecule has 18 heavy (non-hydrogen) atoms. The van der Waals surface area contributed by atoms with Crippen LogP contribution in [-0.2, 0) is 6.42 Å². The molecule has 1 aromatic carbocycles. The second-order valence-electron chi connectivity index (χ2n) is 5.01. The fourth-order valence-corrected chi connectivity index (χ4v) is 2.68. The molecule has 0 spiro atoms. The van der Waals surface area contributed by atoms with Gasteiger partial charge in [-0.2, -0.15) is 0 Å². The van der Waals surface area contributed by atoms with E-state index in [0.29, 0.717) is 0 Å². The molecule has 100 valence electrons. The SMILES string of the molecule is COc1ccc(CCCCCNC2CC2)cc1Br. The monoisotopic (exact) mass is 311 g/mol. The smallest absolute Gasteiger partial charge is 0.133 e. The molecule has 0 saturated heterocycles. The van der Waals surface area contributed by atoms with Crippen molar-refractivity contribution in [3.05, 3.63) is 28.2 Å². The van der Waals surface area contributed by atoms with Crippen LogP contribution in [0.25, 0.3) is 0 Å². The molecule has 0 bridgehead atoms. The number of halogens is 1. The van der Waals surface area contributed by atoms with Gasteiger partial charge >= 0.3 is 0 Å². The molecule has 0 unspecified atom stereocenters. The van der Waals surface area contributed by atoms with Crippen molar-refractivity contribution in [2.45, 2.75) is 44.6 Å². The normalized spacial score (nSPS) is 14.8. The molecule has 0 atom stereocenters. The fraction of sp³-hybridized carbons (Fsp3) is 0.600. The van der Waals surface area contributed by atoms with Gasteiger partial charge in [0.15, 0.2) is 0 Å². The first kappa shape index (κ1) is 13.9. The molecule has 1 aliphatic carbocycles. The highest BCUT2D eigenvalue weighted by Crippen LogP contribution is 2.26. The van der Waals surface area contributed by atoms with E-state index in [4.69, 9.17) is 4.74 Å². The summed E-state index contributed by atoms with van der Waals surface area (Å²) in [6.07, 6.45) is 7.81. The van der Waals surface area contributed by atoms with Crippen molar-refractivity contribution in [3.63, 3.8) is 0 Å². The summed E-state index contributed by atoms with van der Waals surface area (Å²) < 4.78 is 6.28. The van der Waals surface area contributed by atoms with Crippen LogP contribution in [0.3, 0.4) is 0 Å². The molecule has 0 aromatic heterocycles. The zero-order chi connectivity index (χ0) is 12.8. The maximum absolute atomic E-state index is 5.23. The molecule has 0 heterocycles. The molecule has 1 aliphatic rings. The van der Waals surface area contributed by atoms with Gasteiger partial charge in [0.05, 0.1) is 11.6 Å². The molecule has 2 rings (SSSR count). The minimum atomic E-state index is 0.850. The van der Waals surface area contributed by atoms with Crippen LogP contribution in [0.4, 0.5) is 0 Å². The first-order valence-corrected chi connectivity index (χ1v) is 7.64. The summed E-state index contributed by atoms with van der Waals surface area (Å²) >= 11 is 3.53. The number of ether oxygens (including phenoxy) is 1. The first-order valence-electron chi connectivity index (χ1n) is 6.85. The number of aryl methyl sites for hydroxylation is 1. The molecule has 0 amide bonds. The molecule has 1 saturated carbocycles. The average Bonchev–Trinajstić information content (AvgIpc) is 3.18. The van der Waals surface area contributed by atoms with Crippen molar-refractivity contribution in [3.8, 4) is 5.75 Å². The quantitative estimate of drug-likeness (QED) is 0.735. The molecule has 1 fully saturated rings. The Kier molecular flexibility index (Phi) is 5.51. The van der Waals surface area contributed by atoms with Gasteiger partial charge in [0.2, 0.25) is 0 Å². The van der Waals surface area contributed by atoms with Crippen LogP contribution >= 0.6 is 15.9 Å². The summed E-state index contributed by atoms with van der Waals surface area (Å²) in [7, 11) is 1.70. The Bertz CT molecular complexity index is 377. The predicted molar refractivity (Wildman–Crippen MR) is 79.3 cm³/mol. The summed E-state index contributed by atoms with van der Waals surface area (Å²) in [6, 6.07) is 7.21. The Balaban J connectivity index is 1.61. The Morgan fingerprint density at radius 1 is 1.28 bits per heavy atom. The maximum Gasteiger partial charge on any atom is 0.133 e. The number of nitrogens with one attached hydrogen (secondary N) is 1. The summed E-state index contributed by atoms with van der Waals surface area (Å²) in [4.78, 5) is 0. The Hall–Kier alpha value is -0.540. The Morgan fingerprint density at radius 3 is 2.78 bits per heavy atom. The van der Waals surface area contributed by atoms with Gasteiger partial charge in [-0.3, -0.25) is 0 Å². The highest BCUT2D eigenvalue weighted by atomic mass is 79.9. The van der Waals surface area contributed by atoms with Crippen molar-refractivity contribution >= 4 is 15.9 Å². The van der Waals surface area contributed by atoms with Gasteiger partial charge in [-0.25, -0.2) is 0 Å². The summed E-state index contributed by atoms with van der Waals surface area (Å²) in [6.45, 7) is 1.19. The fourth-order valence-electron chi connectivity index (χ4n) is 2.09. The molecule has 1 aromatic rings. The number of benzene rings is 1. The molecule has 0 aliphatic heterocycles. The van der Waals surface area contributed by atoms with Gasteiger partial charge in [0.1, 0.15) is 5.75 Å². The molecule has 3 heteroatoms. The number of hydrogen-bond acceptors (Lipinski definition) is 2. The van der Waals surface area contributed by atoms with E-state index in [1.165, 1.54) is 44.2 Å². The van der Waals surface area contributed by atoms with Crippen molar-refractivity contribution in [1.82, 2.24) is 5.32 Å². The molecule has 2 nitrogen and oxygen atoms in total. The maximum atomic E-state index is 5.23. The molecular weight excluding hydrogens is 290 g/mol. The van der Waals surface area contributed by atoms with Crippen LogP contribution in [-0.4, -0.2) is 19.7 Å². The van der Waals surface area contributed by atoms with Crippen LogP contribution in [0.5, 0.6) is 5.75 Å². The number of methoxy groups -OCH3 is 1. The lowest BCUT2D eigenvalue weighted by molar-refractivity contribution is 0.412. The largest absolute Gasteiger partial charge is 0.496 e. The minimum Gasteiger partial charge on any atom is -0.496 e. The lowest BCUT2D eigenvalue weighted by Crippen LogP contribution is -2.17. The molecule has 1 N–H and O–H groups in total. The van der Waals surface area contributed by atoms with Gasteiger partial charge in [-0.15, -0.1) is 0 Å². The van der Waals surface area contributed by atoms with E-state index in [1.807, 2.05) is 6.07 Å². The highest BCUT2D eigenvalue weighted by Gasteiger charge is 2.19.